The smallest absolute Gasteiger partial charge is 0.257 e. The van der Waals surface area contributed by atoms with Crippen molar-refractivity contribution in [1.82, 2.24) is 19.6 Å². The Morgan fingerprint density at radius 3 is 2.38 bits per heavy atom. The van der Waals surface area contributed by atoms with Crippen LogP contribution < -0.4 is 4.90 Å². The number of anilines is 1. The number of carbonyl (C=O) groups excluding carboxylic acids is 1. The second kappa shape index (κ2) is 9.57. The van der Waals surface area contributed by atoms with Crippen LogP contribution in [-0.4, -0.2) is 70.8 Å². The fourth-order valence-electron chi connectivity index (χ4n) is 4.93. The molecule has 32 heavy (non-hydrogen) atoms. The van der Waals surface area contributed by atoms with Crippen molar-refractivity contribution < 1.29 is 4.79 Å². The zero-order chi connectivity index (χ0) is 21.8. The van der Waals surface area contributed by atoms with E-state index in [-0.39, 0.29) is 5.91 Å². The third kappa shape index (κ3) is 4.70. The Balaban J connectivity index is 1.17. The molecule has 0 saturated carbocycles. The van der Waals surface area contributed by atoms with Gasteiger partial charge >= 0.3 is 0 Å². The van der Waals surface area contributed by atoms with Gasteiger partial charge in [0, 0.05) is 57.2 Å². The molecule has 0 spiro atoms. The largest absolute Gasteiger partial charge is 0.369 e. The van der Waals surface area contributed by atoms with Crippen molar-refractivity contribution in [2.75, 3.05) is 44.2 Å². The van der Waals surface area contributed by atoms with E-state index in [4.69, 9.17) is 0 Å². The highest BCUT2D eigenvalue weighted by Gasteiger charge is 2.30. The normalized spacial score (nSPS) is 19.8. The van der Waals surface area contributed by atoms with Crippen molar-refractivity contribution in [2.24, 2.45) is 0 Å². The van der Waals surface area contributed by atoms with E-state index in [1.165, 1.54) is 17.7 Å². The van der Waals surface area contributed by atoms with Crippen LogP contribution in [0.25, 0.3) is 0 Å². The van der Waals surface area contributed by atoms with Crippen LogP contribution in [0.1, 0.15) is 28.8 Å². The first-order chi connectivity index (χ1) is 15.8. The standard InChI is InChI=1S/C26H31N5O/c32-26(23-18-27-31(20-23)19-22-8-3-1-4-9-22)30-13-7-12-25(21-30)29-16-14-28(15-17-29)24-10-5-2-6-11-24/h1-6,8-11,18,20,25H,7,12-17,19,21H2/t25-/m0/s1. The van der Waals surface area contributed by atoms with Gasteiger partial charge in [-0.15, -0.1) is 0 Å². The van der Waals surface area contributed by atoms with Gasteiger partial charge in [-0.1, -0.05) is 48.5 Å². The Morgan fingerprint density at radius 1 is 0.906 bits per heavy atom. The van der Waals surface area contributed by atoms with Gasteiger partial charge in [0.25, 0.3) is 5.91 Å². The fourth-order valence-corrected chi connectivity index (χ4v) is 4.93. The van der Waals surface area contributed by atoms with E-state index in [2.05, 4.69) is 57.4 Å². The molecule has 2 saturated heterocycles. The van der Waals surface area contributed by atoms with E-state index in [1.54, 1.807) is 6.20 Å². The van der Waals surface area contributed by atoms with Crippen molar-refractivity contribution in [1.29, 1.82) is 0 Å². The van der Waals surface area contributed by atoms with Crippen LogP contribution >= 0.6 is 0 Å². The number of nitrogens with zero attached hydrogens (tertiary/aromatic N) is 5. The zero-order valence-corrected chi connectivity index (χ0v) is 18.5. The van der Waals surface area contributed by atoms with Crippen LogP contribution in [0, 0.1) is 0 Å². The monoisotopic (exact) mass is 429 g/mol. The average molecular weight is 430 g/mol. The van der Waals surface area contributed by atoms with Gasteiger partial charge in [0.2, 0.25) is 0 Å². The van der Waals surface area contributed by atoms with Crippen LogP contribution in [-0.2, 0) is 6.54 Å². The predicted octanol–water partition coefficient (Wildman–Crippen LogP) is 3.36. The van der Waals surface area contributed by atoms with E-state index in [0.717, 1.165) is 45.7 Å². The molecule has 2 aliphatic heterocycles. The van der Waals surface area contributed by atoms with E-state index in [0.29, 0.717) is 18.2 Å². The van der Waals surface area contributed by atoms with Gasteiger partial charge in [-0.2, -0.15) is 5.10 Å². The van der Waals surface area contributed by atoms with Gasteiger partial charge in [-0.25, -0.2) is 0 Å². The summed E-state index contributed by atoms with van der Waals surface area (Å²) in [5.74, 6) is 0.108. The van der Waals surface area contributed by atoms with Crippen LogP contribution in [0.2, 0.25) is 0 Å². The molecule has 1 amide bonds. The number of carbonyl (C=O) groups is 1. The molecule has 0 bridgehead atoms. The van der Waals surface area contributed by atoms with Crippen molar-refractivity contribution in [2.45, 2.75) is 25.4 Å². The molecule has 1 atom stereocenters. The number of benzene rings is 2. The predicted molar refractivity (Wildman–Crippen MR) is 127 cm³/mol. The molecule has 0 aliphatic carbocycles. The first kappa shape index (κ1) is 20.8. The number of para-hydroxylation sites is 1. The highest BCUT2D eigenvalue weighted by atomic mass is 16.2. The number of hydrogen-bond donors (Lipinski definition) is 0. The summed E-state index contributed by atoms with van der Waals surface area (Å²) in [4.78, 5) is 20.2. The van der Waals surface area contributed by atoms with E-state index in [9.17, 15) is 4.79 Å². The molecule has 2 aliphatic rings. The minimum Gasteiger partial charge on any atom is -0.369 e. The first-order valence-electron chi connectivity index (χ1n) is 11.7. The fraction of sp³-hybridized carbons (Fsp3) is 0.385. The van der Waals surface area contributed by atoms with Gasteiger partial charge in [-0.05, 0) is 30.5 Å². The van der Waals surface area contributed by atoms with Crippen LogP contribution in [0.4, 0.5) is 5.69 Å². The highest BCUT2D eigenvalue weighted by Crippen LogP contribution is 2.22. The maximum atomic E-state index is 13.2. The molecule has 5 rings (SSSR count). The molecule has 2 aromatic carbocycles. The van der Waals surface area contributed by atoms with Crippen molar-refractivity contribution in [3.8, 4) is 0 Å². The Hall–Kier alpha value is -3.12. The van der Waals surface area contributed by atoms with Gasteiger partial charge in [0.1, 0.15) is 0 Å². The molecule has 0 radical (unpaired) electrons. The summed E-state index contributed by atoms with van der Waals surface area (Å²) in [6, 6.07) is 21.3. The number of hydrogen-bond acceptors (Lipinski definition) is 4. The number of aromatic nitrogens is 2. The van der Waals surface area contributed by atoms with Crippen LogP contribution in [0.5, 0.6) is 0 Å². The third-order valence-electron chi connectivity index (χ3n) is 6.70. The van der Waals surface area contributed by atoms with Crippen LogP contribution in [0.15, 0.2) is 73.1 Å². The Bertz CT molecular complexity index is 1010. The summed E-state index contributed by atoms with van der Waals surface area (Å²) in [5, 5.41) is 4.43. The zero-order valence-electron chi connectivity index (χ0n) is 18.5. The number of likely N-dealkylation sites (tertiary alicyclic amines) is 1. The molecule has 3 aromatic rings. The minimum atomic E-state index is 0.108. The molecule has 1 aromatic heterocycles. The lowest BCUT2D eigenvalue weighted by molar-refractivity contribution is 0.0563. The summed E-state index contributed by atoms with van der Waals surface area (Å²) in [7, 11) is 0. The van der Waals surface area contributed by atoms with Gasteiger partial charge in [0.15, 0.2) is 0 Å². The van der Waals surface area contributed by atoms with Gasteiger partial charge < -0.3 is 9.80 Å². The summed E-state index contributed by atoms with van der Waals surface area (Å²) in [6.07, 6.45) is 5.83. The number of piperidine rings is 1. The second-order valence-electron chi connectivity index (χ2n) is 8.82. The van der Waals surface area contributed by atoms with Crippen molar-refractivity contribution >= 4 is 11.6 Å². The quantitative estimate of drug-likeness (QED) is 0.624. The van der Waals surface area contributed by atoms with Crippen molar-refractivity contribution in [3.63, 3.8) is 0 Å². The molecule has 3 heterocycles. The van der Waals surface area contributed by atoms with Gasteiger partial charge in [0.05, 0.1) is 18.3 Å². The molecular weight excluding hydrogens is 398 g/mol. The molecule has 2 fully saturated rings. The third-order valence-corrected chi connectivity index (χ3v) is 6.70. The maximum Gasteiger partial charge on any atom is 0.257 e. The molecule has 0 unspecified atom stereocenters. The summed E-state index contributed by atoms with van der Waals surface area (Å²) in [5.41, 5.74) is 3.18. The summed E-state index contributed by atoms with van der Waals surface area (Å²) >= 11 is 0. The molecule has 0 N–H and O–H groups in total. The topological polar surface area (TPSA) is 44.6 Å². The lowest BCUT2D eigenvalue weighted by Gasteiger charge is -2.43. The highest BCUT2D eigenvalue weighted by molar-refractivity contribution is 5.93. The Labute approximate surface area is 190 Å². The van der Waals surface area contributed by atoms with Crippen LogP contribution in [0.3, 0.4) is 0 Å². The van der Waals surface area contributed by atoms with E-state index in [1.807, 2.05) is 34.0 Å². The molecular formula is C26H31N5O. The number of rotatable bonds is 5. The van der Waals surface area contributed by atoms with Crippen molar-refractivity contribution in [3.05, 3.63) is 84.2 Å². The van der Waals surface area contributed by atoms with Gasteiger partial charge in [-0.3, -0.25) is 14.4 Å². The Kier molecular flexibility index (Phi) is 6.21. The molecule has 166 valence electrons. The number of amides is 1. The molecule has 6 heteroatoms. The maximum absolute atomic E-state index is 13.2. The Morgan fingerprint density at radius 2 is 1.62 bits per heavy atom. The SMILES string of the molecule is O=C(c1cnn(Cc2ccccc2)c1)N1CCC[C@H](N2CCN(c3ccccc3)CC2)C1. The summed E-state index contributed by atoms with van der Waals surface area (Å²) < 4.78 is 1.85. The number of piperazine rings is 1. The minimum absolute atomic E-state index is 0.108. The first-order valence-corrected chi connectivity index (χ1v) is 11.7. The summed E-state index contributed by atoms with van der Waals surface area (Å²) in [6.45, 7) is 6.52. The average Bonchev–Trinajstić information content (AvgIpc) is 3.33. The second-order valence-corrected chi connectivity index (χ2v) is 8.82. The van der Waals surface area contributed by atoms with E-state index >= 15 is 0 Å². The van der Waals surface area contributed by atoms with E-state index < -0.39 is 0 Å². The lowest BCUT2D eigenvalue weighted by Crippen LogP contribution is -2.55. The lowest BCUT2D eigenvalue weighted by atomic mass is 10.0. The molecule has 6 nitrogen and oxygen atoms in total.